The largest absolute Gasteiger partial charge is 0.370 e. The SMILES string of the molecule is CC1(C)CO[C@H](c2ccccc2)CN1CCCSCC#N. The van der Waals surface area contributed by atoms with Crippen molar-refractivity contribution in [3.63, 3.8) is 0 Å². The van der Waals surface area contributed by atoms with Crippen LogP contribution in [0.2, 0.25) is 0 Å². The van der Waals surface area contributed by atoms with Crippen LogP contribution in [-0.4, -0.2) is 41.6 Å². The summed E-state index contributed by atoms with van der Waals surface area (Å²) >= 11 is 1.72. The molecule has 21 heavy (non-hydrogen) atoms. The van der Waals surface area contributed by atoms with E-state index >= 15 is 0 Å². The van der Waals surface area contributed by atoms with Crippen LogP contribution in [-0.2, 0) is 4.74 Å². The fourth-order valence-electron chi connectivity index (χ4n) is 2.63. The van der Waals surface area contributed by atoms with E-state index in [1.54, 1.807) is 11.8 Å². The second kappa shape index (κ2) is 7.84. The van der Waals surface area contributed by atoms with E-state index in [2.05, 4.69) is 49.1 Å². The second-order valence-corrected chi connectivity index (χ2v) is 7.14. The number of hydrogen-bond donors (Lipinski definition) is 0. The van der Waals surface area contributed by atoms with Crippen LogP contribution in [0, 0.1) is 11.3 Å². The summed E-state index contributed by atoms with van der Waals surface area (Å²) in [5.74, 6) is 1.65. The van der Waals surface area contributed by atoms with Gasteiger partial charge in [-0.3, -0.25) is 4.90 Å². The Labute approximate surface area is 132 Å². The van der Waals surface area contributed by atoms with Crippen LogP contribution in [0.3, 0.4) is 0 Å². The molecule has 2 rings (SSSR count). The van der Waals surface area contributed by atoms with E-state index in [9.17, 15) is 0 Å². The summed E-state index contributed by atoms with van der Waals surface area (Å²) in [6.45, 7) is 7.27. The average Bonchev–Trinajstić information content (AvgIpc) is 2.49. The first-order valence-electron chi connectivity index (χ1n) is 7.50. The number of ether oxygens (including phenoxy) is 1. The molecule has 1 heterocycles. The molecule has 0 aliphatic carbocycles. The molecule has 114 valence electrons. The van der Waals surface area contributed by atoms with Crippen LogP contribution in [0.15, 0.2) is 30.3 Å². The summed E-state index contributed by atoms with van der Waals surface area (Å²) in [5.41, 5.74) is 1.35. The summed E-state index contributed by atoms with van der Waals surface area (Å²) < 4.78 is 6.06. The fraction of sp³-hybridized carbons (Fsp3) is 0.588. The third kappa shape index (κ3) is 4.74. The van der Waals surface area contributed by atoms with Crippen molar-refractivity contribution in [1.82, 2.24) is 4.90 Å². The van der Waals surface area contributed by atoms with E-state index in [1.165, 1.54) is 5.56 Å². The van der Waals surface area contributed by atoms with Crippen LogP contribution >= 0.6 is 11.8 Å². The van der Waals surface area contributed by atoms with Crippen molar-refractivity contribution in [2.24, 2.45) is 0 Å². The first-order valence-corrected chi connectivity index (χ1v) is 8.65. The molecule has 0 N–H and O–H groups in total. The Kier molecular flexibility index (Phi) is 6.10. The van der Waals surface area contributed by atoms with Crippen molar-refractivity contribution in [1.29, 1.82) is 5.26 Å². The van der Waals surface area contributed by atoms with Gasteiger partial charge in [-0.15, -0.1) is 11.8 Å². The van der Waals surface area contributed by atoms with E-state index < -0.39 is 0 Å². The maximum absolute atomic E-state index is 8.56. The normalized spacial score (nSPS) is 21.9. The number of nitrogens with zero attached hydrogens (tertiary/aromatic N) is 2. The number of rotatable bonds is 6. The van der Waals surface area contributed by atoms with E-state index in [0.717, 1.165) is 31.9 Å². The minimum absolute atomic E-state index is 0.0885. The Hall–Kier alpha value is -1.02. The lowest BCUT2D eigenvalue weighted by atomic mass is 9.98. The highest BCUT2D eigenvalue weighted by atomic mass is 32.2. The Bertz CT molecular complexity index is 469. The van der Waals surface area contributed by atoms with Crippen LogP contribution in [0.25, 0.3) is 0 Å². The highest BCUT2D eigenvalue weighted by molar-refractivity contribution is 7.99. The van der Waals surface area contributed by atoms with E-state index in [4.69, 9.17) is 10.00 Å². The molecule has 0 saturated carbocycles. The Morgan fingerprint density at radius 1 is 1.38 bits per heavy atom. The molecule has 0 radical (unpaired) electrons. The third-order valence-electron chi connectivity index (χ3n) is 3.93. The lowest BCUT2D eigenvalue weighted by molar-refractivity contribution is -0.100. The van der Waals surface area contributed by atoms with Gasteiger partial charge < -0.3 is 4.74 Å². The number of hydrogen-bond acceptors (Lipinski definition) is 4. The number of morpholine rings is 1. The second-order valence-electron chi connectivity index (χ2n) is 6.03. The van der Waals surface area contributed by atoms with Gasteiger partial charge in [-0.05, 0) is 38.1 Å². The quantitative estimate of drug-likeness (QED) is 0.754. The average molecular weight is 304 g/mol. The summed E-state index contributed by atoms with van der Waals surface area (Å²) in [6, 6.07) is 12.6. The minimum atomic E-state index is 0.0885. The monoisotopic (exact) mass is 304 g/mol. The molecular formula is C17H24N2OS. The summed E-state index contributed by atoms with van der Waals surface area (Å²) in [5, 5.41) is 8.56. The highest BCUT2D eigenvalue weighted by Crippen LogP contribution is 2.30. The molecule has 1 aromatic rings. The van der Waals surface area contributed by atoms with Crippen LogP contribution in [0.5, 0.6) is 0 Å². The lowest BCUT2D eigenvalue weighted by Crippen LogP contribution is -2.54. The van der Waals surface area contributed by atoms with E-state index in [0.29, 0.717) is 5.75 Å². The third-order valence-corrected chi connectivity index (χ3v) is 4.85. The van der Waals surface area contributed by atoms with Gasteiger partial charge in [-0.1, -0.05) is 30.3 Å². The molecule has 0 aromatic heterocycles. The van der Waals surface area contributed by atoms with Crippen LogP contribution < -0.4 is 0 Å². The van der Waals surface area contributed by atoms with Gasteiger partial charge in [-0.25, -0.2) is 0 Å². The molecule has 0 spiro atoms. The summed E-state index contributed by atoms with van der Waals surface area (Å²) in [6.07, 6.45) is 1.29. The number of benzene rings is 1. The molecule has 4 heteroatoms. The number of nitriles is 1. The Morgan fingerprint density at radius 2 is 2.14 bits per heavy atom. The van der Waals surface area contributed by atoms with Crippen molar-refractivity contribution in [3.8, 4) is 6.07 Å². The smallest absolute Gasteiger partial charge is 0.0952 e. The predicted molar refractivity (Wildman–Crippen MR) is 88.3 cm³/mol. The van der Waals surface area contributed by atoms with Crippen molar-refractivity contribution < 1.29 is 4.74 Å². The maximum atomic E-state index is 8.56. The topological polar surface area (TPSA) is 36.3 Å². The molecule has 1 aromatic carbocycles. The van der Waals surface area contributed by atoms with E-state index in [1.807, 2.05) is 6.07 Å². The van der Waals surface area contributed by atoms with Crippen molar-refractivity contribution >= 4 is 11.8 Å². The van der Waals surface area contributed by atoms with Crippen LogP contribution in [0.4, 0.5) is 0 Å². The molecule has 1 fully saturated rings. The van der Waals surface area contributed by atoms with Crippen molar-refractivity contribution in [2.75, 3.05) is 31.2 Å². The first kappa shape index (κ1) is 16.4. The zero-order valence-electron chi connectivity index (χ0n) is 12.9. The van der Waals surface area contributed by atoms with E-state index in [-0.39, 0.29) is 11.6 Å². The zero-order valence-corrected chi connectivity index (χ0v) is 13.7. The molecular weight excluding hydrogens is 280 g/mol. The molecule has 0 bridgehead atoms. The highest BCUT2D eigenvalue weighted by Gasteiger charge is 2.34. The van der Waals surface area contributed by atoms with Gasteiger partial charge in [0.1, 0.15) is 0 Å². The summed E-state index contributed by atoms with van der Waals surface area (Å²) in [4.78, 5) is 2.53. The summed E-state index contributed by atoms with van der Waals surface area (Å²) in [7, 11) is 0. The molecule has 1 atom stereocenters. The minimum Gasteiger partial charge on any atom is -0.370 e. The van der Waals surface area contributed by atoms with Gasteiger partial charge in [0.05, 0.1) is 24.5 Å². The zero-order chi connectivity index (χ0) is 15.1. The Balaban J connectivity index is 1.89. The van der Waals surface area contributed by atoms with Crippen molar-refractivity contribution in [3.05, 3.63) is 35.9 Å². The fourth-order valence-corrected chi connectivity index (χ4v) is 3.20. The molecule has 1 aliphatic heterocycles. The molecule has 0 amide bonds. The molecule has 1 saturated heterocycles. The lowest BCUT2D eigenvalue weighted by Gasteiger charge is -2.45. The maximum Gasteiger partial charge on any atom is 0.0952 e. The van der Waals surface area contributed by atoms with Gasteiger partial charge in [-0.2, -0.15) is 5.26 Å². The molecule has 3 nitrogen and oxygen atoms in total. The molecule has 1 aliphatic rings. The number of thioether (sulfide) groups is 1. The van der Waals surface area contributed by atoms with Crippen molar-refractivity contribution in [2.45, 2.75) is 31.9 Å². The van der Waals surface area contributed by atoms with Gasteiger partial charge in [0.15, 0.2) is 0 Å². The van der Waals surface area contributed by atoms with Gasteiger partial charge >= 0.3 is 0 Å². The van der Waals surface area contributed by atoms with Gasteiger partial charge in [0.25, 0.3) is 0 Å². The predicted octanol–water partition coefficient (Wildman–Crippen LogP) is 3.49. The Morgan fingerprint density at radius 3 is 2.86 bits per heavy atom. The molecule has 0 unspecified atom stereocenters. The van der Waals surface area contributed by atoms with Crippen LogP contribution in [0.1, 0.15) is 31.9 Å². The first-order chi connectivity index (χ1) is 10.1. The van der Waals surface area contributed by atoms with Gasteiger partial charge in [0.2, 0.25) is 0 Å². The standard InChI is InChI=1S/C17H24N2OS/c1-17(2)14-20-16(15-7-4-3-5-8-15)13-19(17)10-6-11-21-12-9-18/h3-5,7-8,16H,6,10-14H2,1-2H3/t16-/m0/s1. The van der Waals surface area contributed by atoms with Gasteiger partial charge in [0, 0.05) is 12.1 Å².